The number of rotatable bonds is 2. The van der Waals surface area contributed by atoms with Gasteiger partial charge in [-0.05, 0) is 25.5 Å². The SMILES string of the molecule is CCN1CC[C@@](O)(c2ccccc2)[C@@H]1C. The molecule has 2 heteroatoms. The number of aliphatic hydroxyl groups is 1. The lowest BCUT2D eigenvalue weighted by molar-refractivity contribution is 0.00723. The molecule has 2 atom stereocenters. The van der Waals surface area contributed by atoms with Crippen LogP contribution in [-0.2, 0) is 5.60 Å². The number of hydrogen-bond acceptors (Lipinski definition) is 2. The lowest BCUT2D eigenvalue weighted by Gasteiger charge is -2.31. The smallest absolute Gasteiger partial charge is 0.106 e. The van der Waals surface area contributed by atoms with E-state index < -0.39 is 5.60 Å². The highest BCUT2D eigenvalue weighted by atomic mass is 16.3. The van der Waals surface area contributed by atoms with E-state index in [0.717, 1.165) is 25.1 Å². The molecule has 1 aromatic carbocycles. The molecule has 15 heavy (non-hydrogen) atoms. The highest BCUT2D eigenvalue weighted by Crippen LogP contribution is 2.37. The van der Waals surface area contributed by atoms with Crippen molar-refractivity contribution in [3.63, 3.8) is 0 Å². The summed E-state index contributed by atoms with van der Waals surface area (Å²) in [5.74, 6) is 0. The topological polar surface area (TPSA) is 23.5 Å². The highest BCUT2D eigenvalue weighted by molar-refractivity contribution is 5.25. The number of likely N-dealkylation sites (tertiary alicyclic amines) is 1. The molecule has 0 radical (unpaired) electrons. The van der Waals surface area contributed by atoms with Crippen molar-refractivity contribution in [1.82, 2.24) is 4.90 Å². The minimum atomic E-state index is -0.655. The van der Waals surface area contributed by atoms with Crippen LogP contribution in [0.5, 0.6) is 0 Å². The molecule has 0 amide bonds. The minimum absolute atomic E-state index is 0.213. The monoisotopic (exact) mass is 205 g/mol. The Balaban J connectivity index is 2.29. The largest absolute Gasteiger partial charge is 0.383 e. The van der Waals surface area contributed by atoms with Gasteiger partial charge in [-0.1, -0.05) is 37.3 Å². The van der Waals surface area contributed by atoms with Crippen LogP contribution >= 0.6 is 0 Å². The van der Waals surface area contributed by atoms with Crippen molar-refractivity contribution >= 4 is 0 Å². The van der Waals surface area contributed by atoms with Crippen molar-refractivity contribution in [2.45, 2.75) is 31.9 Å². The zero-order chi connectivity index (χ0) is 10.9. The van der Waals surface area contributed by atoms with Gasteiger partial charge in [-0.15, -0.1) is 0 Å². The Hall–Kier alpha value is -0.860. The molecule has 0 aliphatic carbocycles. The first-order valence-electron chi connectivity index (χ1n) is 5.70. The molecule has 0 aromatic heterocycles. The van der Waals surface area contributed by atoms with Gasteiger partial charge in [-0.2, -0.15) is 0 Å². The summed E-state index contributed by atoms with van der Waals surface area (Å²) in [6.07, 6.45) is 0.839. The standard InChI is InChI=1S/C13H19NO/c1-3-14-10-9-13(15,11(14)2)12-7-5-4-6-8-12/h4-8,11,15H,3,9-10H2,1-2H3/t11-,13-/m0/s1. The molecular formula is C13H19NO. The zero-order valence-electron chi connectivity index (χ0n) is 9.48. The summed E-state index contributed by atoms with van der Waals surface area (Å²) in [6, 6.07) is 10.2. The molecule has 1 aliphatic rings. The van der Waals surface area contributed by atoms with Crippen LogP contribution in [0.15, 0.2) is 30.3 Å². The number of benzene rings is 1. The van der Waals surface area contributed by atoms with E-state index in [1.165, 1.54) is 0 Å². The van der Waals surface area contributed by atoms with Crippen LogP contribution in [0.3, 0.4) is 0 Å². The summed E-state index contributed by atoms with van der Waals surface area (Å²) in [6.45, 7) is 6.26. The van der Waals surface area contributed by atoms with Gasteiger partial charge in [-0.3, -0.25) is 4.90 Å². The molecule has 2 nitrogen and oxygen atoms in total. The van der Waals surface area contributed by atoms with E-state index in [0.29, 0.717) is 0 Å². The summed E-state index contributed by atoms with van der Waals surface area (Å²) >= 11 is 0. The van der Waals surface area contributed by atoms with E-state index in [-0.39, 0.29) is 6.04 Å². The van der Waals surface area contributed by atoms with Crippen molar-refractivity contribution in [3.05, 3.63) is 35.9 Å². The average Bonchev–Trinajstić information content (AvgIpc) is 2.58. The maximum absolute atomic E-state index is 10.7. The third kappa shape index (κ3) is 1.68. The van der Waals surface area contributed by atoms with Crippen LogP contribution in [0.2, 0.25) is 0 Å². The number of nitrogens with zero attached hydrogens (tertiary/aromatic N) is 1. The van der Waals surface area contributed by atoms with Gasteiger partial charge in [0.05, 0.1) is 0 Å². The first-order chi connectivity index (χ1) is 7.18. The summed E-state index contributed by atoms with van der Waals surface area (Å²) in [4.78, 5) is 2.33. The van der Waals surface area contributed by atoms with Gasteiger partial charge in [0.1, 0.15) is 5.60 Å². The fourth-order valence-electron chi connectivity index (χ4n) is 2.56. The minimum Gasteiger partial charge on any atom is -0.383 e. The van der Waals surface area contributed by atoms with Crippen LogP contribution in [0.1, 0.15) is 25.8 Å². The Morgan fingerprint density at radius 1 is 1.40 bits per heavy atom. The fraction of sp³-hybridized carbons (Fsp3) is 0.538. The molecule has 0 spiro atoms. The quantitative estimate of drug-likeness (QED) is 0.798. The second-order valence-corrected chi connectivity index (χ2v) is 4.34. The van der Waals surface area contributed by atoms with Gasteiger partial charge in [0.25, 0.3) is 0 Å². The maximum Gasteiger partial charge on any atom is 0.106 e. The fourth-order valence-corrected chi connectivity index (χ4v) is 2.56. The molecule has 0 bridgehead atoms. The van der Waals surface area contributed by atoms with Crippen LogP contribution in [0, 0.1) is 0 Å². The van der Waals surface area contributed by atoms with Crippen molar-refractivity contribution in [2.24, 2.45) is 0 Å². The van der Waals surface area contributed by atoms with E-state index in [1.54, 1.807) is 0 Å². The summed E-state index contributed by atoms with van der Waals surface area (Å²) < 4.78 is 0. The molecule has 1 aromatic rings. The van der Waals surface area contributed by atoms with Gasteiger partial charge >= 0.3 is 0 Å². The number of likely N-dealkylation sites (N-methyl/N-ethyl adjacent to an activating group) is 1. The maximum atomic E-state index is 10.7. The van der Waals surface area contributed by atoms with Crippen molar-refractivity contribution in [3.8, 4) is 0 Å². The van der Waals surface area contributed by atoms with Crippen LogP contribution < -0.4 is 0 Å². The molecule has 1 N–H and O–H groups in total. The van der Waals surface area contributed by atoms with E-state index >= 15 is 0 Å². The molecule has 1 fully saturated rings. The second-order valence-electron chi connectivity index (χ2n) is 4.34. The molecule has 1 aliphatic heterocycles. The number of hydrogen-bond donors (Lipinski definition) is 1. The molecule has 1 heterocycles. The van der Waals surface area contributed by atoms with E-state index in [2.05, 4.69) is 18.7 Å². The second kappa shape index (κ2) is 3.95. The van der Waals surface area contributed by atoms with Crippen LogP contribution in [0.4, 0.5) is 0 Å². The Kier molecular flexibility index (Phi) is 2.81. The predicted molar refractivity (Wildman–Crippen MR) is 61.7 cm³/mol. The molecule has 2 rings (SSSR count). The molecule has 82 valence electrons. The summed E-state index contributed by atoms with van der Waals surface area (Å²) in [5, 5.41) is 10.7. The first-order valence-corrected chi connectivity index (χ1v) is 5.70. The average molecular weight is 205 g/mol. The molecular weight excluding hydrogens is 186 g/mol. The van der Waals surface area contributed by atoms with Crippen molar-refractivity contribution < 1.29 is 5.11 Å². The molecule has 0 unspecified atom stereocenters. The lowest BCUT2D eigenvalue weighted by Crippen LogP contribution is -2.40. The van der Waals surface area contributed by atoms with Gasteiger partial charge in [-0.25, -0.2) is 0 Å². The van der Waals surface area contributed by atoms with Crippen LogP contribution in [-0.4, -0.2) is 29.1 Å². The van der Waals surface area contributed by atoms with Gasteiger partial charge < -0.3 is 5.11 Å². The predicted octanol–water partition coefficient (Wildman–Crippen LogP) is 1.99. The van der Waals surface area contributed by atoms with Crippen molar-refractivity contribution in [1.29, 1.82) is 0 Å². The third-order valence-electron chi connectivity index (χ3n) is 3.70. The summed E-state index contributed by atoms with van der Waals surface area (Å²) in [7, 11) is 0. The Morgan fingerprint density at radius 3 is 2.60 bits per heavy atom. The van der Waals surface area contributed by atoms with E-state index in [4.69, 9.17) is 0 Å². The molecule has 1 saturated heterocycles. The molecule has 0 saturated carbocycles. The van der Waals surface area contributed by atoms with Gasteiger partial charge in [0.15, 0.2) is 0 Å². The van der Waals surface area contributed by atoms with E-state index in [9.17, 15) is 5.11 Å². The van der Waals surface area contributed by atoms with Crippen molar-refractivity contribution in [2.75, 3.05) is 13.1 Å². The Bertz CT molecular complexity index is 325. The highest BCUT2D eigenvalue weighted by Gasteiger charge is 2.43. The normalized spacial score (nSPS) is 32.1. The van der Waals surface area contributed by atoms with Gasteiger partial charge in [0, 0.05) is 12.6 Å². The summed E-state index contributed by atoms with van der Waals surface area (Å²) in [5.41, 5.74) is 0.394. The third-order valence-corrected chi connectivity index (χ3v) is 3.70. The zero-order valence-corrected chi connectivity index (χ0v) is 9.48. The Labute approximate surface area is 91.5 Å². The Morgan fingerprint density at radius 2 is 2.07 bits per heavy atom. The van der Waals surface area contributed by atoms with Gasteiger partial charge in [0.2, 0.25) is 0 Å². The van der Waals surface area contributed by atoms with E-state index in [1.807, 2.05) is 30.3 Å². The lowest BCUT2D eigenvalue weighted by atomic mass is 9.87. The first kappa shape index (κ1) is 10.7. The van der Waals surface area contributed by atoms with Crippen LogP contribution in [0.25, 0.3) is 0 Å².